The Kier molecular flexibility index (Phi) is 2.18. The first-order chi connectivity index (χ1) is 5.70. The van der Waals surface area contributed by atoms with Gasteiger partial charge in [-0.15, -0.1) is 0 Å². The van der Waals surface area contributed by atoms with Crippen LogP contribution < -0.4 is 0 Å². The van der Waals surface area contributed by atoms with Crippen molar-refractivity contribution in [2.45, 2.75) is 58.8 Å². The van der Waals surface area contributed by atoms with Gasteiger partial charge < -0.3 is 0 Å². The molecule has 1 unspecified atom stereocenters. The monoisotopic (exact) mass is 166 g/mol. The highest BCUT2D eigenvalue weighted by molar-refractivity contribution is 4.97. The van der Waals surface area contributed by atoms with Gasteiger partial charge in [0.15, 0.2) is 0 Å². The van der Waals surface area contributed by atoms with Crippen LogP contribution in [-0.2, 0) is 0 Å². The maximum Gasteiger partial charge on any atom is -0.0294 e. The summed E-state index contributed by atoms with van der Waals surface area (Å²) in [6.07, 6.45) is 10.8. The highest BCUT2D eigenvalue weighted by Gasteiger charge is 2.45. The standard InChI is InChI=1S/C12H22/c1-10(2)8-11-4-3-5-12(9-11)6-7-12/h10-11H,3-9H2,1-2H3. The van der Waals surface area contributed by atoms with Gasteiger partial charge in [-0.25, -0.2) is 0 Å². The van der Waals surface area contributed by atoms with Crippen LogP contribution in [0.3, 0.4) is 0 Å². The molecule has 70 valence electrons. The molecule has 1 atom stereocenters. The molecule has 0 aliphatic heterocycles. The maximum absolute atomic E-state index is 2.37. The van der Waals surface area contributed by atoms with E-state index in [4.69, 9.17) is 0 Å². The fraction of sp³-hybridized carbons (Fsp3) is 1.00. The van der Waals surface area contributed by atoms with Gasteiger partial charge in [0.2, 0.25) is 0 Å². The molecule has 1 spiro atoms. The van der Waals surface area contributed by atoms with Crippen LogP contribution in [-0.4, -0.2) is 0 Å². The van der Waals surface area contributed by atoms with Crippen molar-refractivity contribution < 1.29 is 0 Å². The van der Waals surface area contributed by atoms with Gasteiger partial charge in [0.05, 0.1) is 0 Å². The Morgan fingerprint density at radius 3 is 2.58 bits per heavy atom. The number of hydrogen-bond acceptors (Lipinski definition) is 0. The molecule has 0 bridgehead atoms. The van der Waals surface area contributed by atoms with Crippen molar-refractivity contribution in [2.24, 2.45) is 17.3 Å². The SMILES string of the molecule is CC(C)CC1CCCC2(CC2)C1. The van der Waals surface area contributed by atoms with Gasteiger partial charge in [-0.05, 0) is 49.4 Å². The molecule has 0 aromatic rings. The second-order valence-corrected chi connectivity index (χ2v) is 5.59. The molecule has 2 fully saturated rings. The summed E-state index contributed by atoms with van der Waals surface area (Å²) in [5, 5.41) is 0. The summed E-state index contributed by atoms with van der Waals surface area (Å²) in [6, 6.07) is 0. The van der Waals surface area contributed by atoms with Crippen LogP contribution in [0.2, 0.25) is 0 Å². The van der Waals surface area contributed by atoms with Crippen molar-refractivity contribution in [3.05, 3.63) is 0 Å². The molecule has 0 heterocycles. The molecule has 2 saturated carbocycles. The lowest BCUT2D eigenvalue weighted by molar-refractivity contribution is 0.220. The van der Waals surface area contributed by atoms with E-state index in [1.54, 1.807) is 25.7 Å². The summed E-state index contributed by atoms with van der Waals surface area (Å²) >= 11 is 0. The summed E-state index contributed by atoms with van der Waals surface area (Å²) in [5.74, 6) is 2.00. The Morgan fingerprint density at radius 2 is 2.00 bits per heavy atom. The van der Waals surface area contributed by atoms with Crippen LogP contribution in [0.5, 0.6) is 0 Å². The molecular weight excluding hydrogens is 144 g/mol. The molecule has 0 aromatic carbocycles. The summed E-state index contributed by atoms with van der Waals surface area (Å²) < 4.78 is 0. The van der Waals surface area contributed by atoms with Gasteiger partial charge in [-0.3, -0.25) is 0 Å². The average Bonchev–Trinajstić information content (AvgIpc) is 2.68. The van der Waals surface area contributed by atoms with E-state index in [9.17, 15) is 0 Å². The first kappa shape index (κ1) is 8.59. The summed E-state index contributed by atoms with van der Waals surface area (Å²) in [5.41, 5.74) is 0.887. The van der Waals surface area contributed by atoms with Crippen molar-refractivity contribution in [3.8, 4) is 0 Å². The van der Waals surface area contributed by atoms with Crippen LogP contribution in [0.15, 0.2) is 0 Å². The molecular formula is C12H22. The quantitative estimate of drug-likeness (QED) is 0.581. The van der Waals surface area contributed by atoms with E-state index in [0.717, 1.165) is 17.3 Å². The lowest BCUT2D eigenvalue weighted by Gasteiger charge is -2.30. The zero-order chi connectivity index (χ0) is 8.60. The topological polar surface area (TPSA) is 0 Å². The second kappa shape index (κ2) is 3.05. The Balaban J connectivity index is 1.83. The largest absolute Gasteiger partial charge is 0.0628 e. The Labute approximate surface area is 76.7 Å². The molecule has 0 heteroatoms. The zero-order valence-corrected chi connectivity index (χ0v) is 8.60. The molecule has 0 saturated heterocycles. The van der Waals surface area contributed by atoms with E-state index in [-0.39, 0.29) is 0 Å². The van der Waals surface area contributed by atoms with Gasteiger partial charge in [-0.2, -0.15) is 0 Å². The number of hydrogen-bond donors (Lipinski definition) is 0. The zero-order valence-electron chi connectivity index (χ0n) is 8.60. The molecule has 0 nitrogen and oxygen atoms in total. The first-order valence-electron chi connectivity index (χ1n) is 5.70. The van der Waals surface area contributed by atoms with Crippen LogP contribution >= 0.6 is 0 Å². The minimum absolute atomic E-state index is 0.887. The molecule has 2 rings (SSSR count). The van der Waals surface area contributed by atoms with Gasteiger partial charge >= 0.3 is 0 Å². The van der Waals surface area contributed by atoms with Gasteiger partial charge in [0.1, 0.15) is 0 Å². The third kappa shape index (κ3) is 1.84. The normalized spacial score (nSPS) is 32.8. The van der Waals surface area contributed by atoms with E-state index in [2.05, 4.69) is 13.8 Å². The van der Waals surface area contributed by atoms with Crippen molar-refractivity contribution in [2.75, 3.05) is 0 Å². The van der Waals surface area contributed by atoms with Crippen LogP contribution in [0.4, 0.5) is 0 Å². The highest BCUT2D eigenvalue weighted by Crippen LogP contribution is 2.58. The summed E-state index contributed by atoms with van der Waals surface area (Å²) in [4.78, 5) is 0. The molecule has 0 radical (unpaired) electrons. The molecule has 12 heavy (non-hydrogen) atoms. The van der Waals surface area contributed by atoms with Crippen molar-refractivity contribution in [3.63, 3.8) is 0 Å². The molecule has 2 aliphatic rings. The van der Waals surface area contributed by atoms with E-state index in [0.29, 0.717) is 0 Å². The summed E-state index contributed by atoms with van der Waals surface area (Å²) in [6.45, 7) is 4.74. The Hall–Kier alpha value is 0. The summed E-state index contributed by atoms with van der Waals surface area (Å²) in [7, 11) is 0. The lowest BCUT2D eigenvalue weighted by Crippen LogP contribution is -2.17. The second-order valence-electron chi connectivity index (χ2n) is 5.59. The minimum Gasteiger partial charge on any atom is -0.0628 e. The van der Waals surface area contributed by atoms with E-state index < -0.39 is 0 Å². The van der Waals surface area contributed by atoms with Crippen molar-refractivity contribution in [1.82, 2.24) is 0 Å². The van der Waals surface area contributed by atoms with Crippen molar-refractivity contribution >= 4 is 0 Å². The molecule has 0 N–H and O–H groups in total. The van der Waals surface area contributed by atoms with Gasteiger partial charge in [0.25, 0.3) is 0 Å². The molecule has 0 amide bonds. The predicted molar refractivity (Wildman–Crippen MR) is 53.1 cm³/mol. The first-order valence-corrected chi connectivity index (χ1v) is 5.70. The highest BCUT2D eigenvalue weighted by atomic mass is 14.5. The smallest absolute Gasteiger partial charge is 0.0294 e. The lowest BCUT2D eigenvalue weighted by atomic mass is 9.76. The van der Waals surface area contributed by atoms with Crippen LogP contribution in [0, 0.1) is 17.3 Å². The third-order valence-electron chi connectivity index (χ3n) is 3.80. The van der Waals surface area contributed by atoms with Crippen molar-refractivity contribution in [1.29, 1.82) is 0 Å². The van der Waals surface area contributed by atoms with Gasteiger partial charge in [0, 0.05) is 0 Å². The predicted octanol–water partition coefficient (Wildman–Crippen LogP) is 4.00. The fourth-order valence-electron chi connectivity index (χ4n) is 3.08. The van der Waals surface area contributed by atoms with E-state index >= 15 is 0 Å². The average molecular weight is 166 g/mol. The minimum atomic E-state index is 0.887. The van der Waals surface area contributed by atoms with E-state index in [1.807, 2.05) is 0 Å². The molecule has 2 aliphatic carbocycles. The molecule has 0 aromatic heterocycles. The Bertz CT molecular complexity index is 153. The Morgan fingerprint density at radius 1 is 1.25 bits per heavy atom. The maximum atomic E-state index is 2.37. The van der Waals surface area contributed by atoms with E-state index in [1.165, 1.54) is 19.3 Å². The van der Waals surface area contributed by atoms with Gasteiger partial charge in [-0.1, -0.05) is 26.7 Å². The van der Waals surface area contributed by atoms with Crippen LogP contribution in [0.25, 0.3) is 0 Å². The fourth-order valence-corrected chi connectivity index (χ4v) is 3.08. The van der Waals surface area contributed by atoms with Crippen LogP contribution in [0.1, 0.15) is 58.8 Å². The number of rotatable bonds is 2. The third-order valence-corrected chi connectivity index (χ3v) is 3.80.